The van der Waals surface area contributed by atoms with Gasteiger partial charge >= 0.3 is 0 Å². The summed E-state index contributed by atoms with van der Waals surface area (Å²) >= 11 is 9.28. The van der Waals surface area contributed by atoms with E-state index in [1.807, 2.05) is 0 Å². The van der Waals surface area contributed by atoms with Crippen LogP contribution in [-0.2, 0) is 19.1 Å². The Morgan fingerprint density at radius 3 is 2.81 bits per heavy atom. The van der Waals surface area contributed by atoms with Gasteiger partial charge in [0.05, 0.1) is 24.1 Å². The zero-order chi connectivity index (χ0) is 15.6. The fraction of sp³-hybridized carbons (Fsp3) is 0.462. The van der Waals surface area contributed by atoms with Crippen molar-refractivity contribution in [1.82, 2.24) is 0 Å². The molecule has 8 heteroatoms. The van der Waals surface area contributed by atoms with E-state index in [1.54, 1.807) is 23.1 Å². The van der Waals surface area contributed by atoms with Gasteiger partial charge in [0.15, 0.2) is 0 Å². The lowest BCUT2D eigenvalue weighted by Crippen LogP contribution is -2.37. The molecule has 1 fully saturated rings. The minimum atomic E-state index is -3.52. The Labute approximate surface area is 137 Å². The highest BCUT2D eigenvalue weighted by atomic mass is 79.9. The van der Waals surface area contributed by atoms with Crippen molar-refractivity contribution in [2.24, 2.45) is 0 Å². The molecule has 0 aliphatic carbocycles. The standard InChI is InChI=1S/C13H15BrClNO4S/c1-2-21(18,19)20-8-10-4-6-13(17)16(10)12-5-3-9(15)7-11(12)14/h3,5,7,10H,2,4,6,8H2,1H3. The van der Waals surface area contributed by atoms with E-state index in [4.69, 9.17) is 15.8 Å². The normalized spacial score (nSPS) is 19.3. The number of nitrogens with zero attached hydrogens (tertiary/aromatic N) is 1. The van der Waals surface area contributed by atoms with Gasteiger partial charge in [0, 0.05) is 15.9 Å². The minimum absolute atomic E-state index is 0.0308. The molecule has 1 unspecified atom stereocenters. The number of rotatable bonds is 5. The Balaban J connectivity index is 2.21. The molecule has 0 N–H and O–H groups in total. The molecular formula is C13H15BrClNO4S. The number of amides is 1. The van der Waals surface area contributed by atoms with Gasteiger partial charge in [0.2, 0.25) is 5.91 Å². The zero-order valence-electron chi connectivity index (χ0n) is 11.4. The van der Waals surface area contributed by atoms with Gasteiger partial charge in [0.25, 0.3) is 10.1 Å². The average Bonchev–Trinajstić information content (AvgIpc) is 2.78. The van der Waals surface area contributed by atoms with Crippen LogP contribution in [0.4, 0.5) is 5.69 Å². The van der Waals surface area contributed by atoms with Crippen LogP contribution in [0.1, 0.15) is 19.8 Å². The van der Waals surface area contributed by atoms with Crippen LogP contribution in [0.3, 0.4) is 0 Å². The maximum absolute atomic E-state index is 12.1. The summed E-state index contributed by atoms with van der Waals surface area (Å²) in [5, 5.41) is 0.554. The molecule has 116 valence electrons. The summed E-state index contributed by atoms with van der Waals surface area (Å²) in [4.78, 5) is 13.7. The fourth-order valence-electron chi connectivity index (χ4n) is 2.17. The van der Waals surface area contributed by atoms with E-state index in [9.17, 15) is 13.2 Å². The largest absolute Gasteiger partial charge is 0.306 e. The molecule has 1 saturated heterocycles. The first-order valence-corrected chi connectivity index (χ1v) is 9.23. The summed E-state index contributed by atoms with van der Waals surface area (Å²) in [6.07, 6.45) is 0.933. The highest BCUT2D eigenvalue weighted by molar-refractivity contribution is 9.10. The summed E-state index contributed by atoms with van der Waals surface area (Å²) in [6, 6.07) is 4.82. The zero-order valence-corrected chi connectivity index (χ0v) is 14.5. The molecule has 1 heterocycles. The number of anilines is 1. The van der Waals surface area contributed by atoms with Crippen molar-refractivity contribution in [3.63, 3.8) is 0 Å². The maximum Gasteiger partial charge on any atom is 0.267 e. The van der Waals surface area contributed by atoms with Crippen molar-refractivity contribution in [2.45, 2.75) is 25.8 Å². The van der Waals surface area contributed by atoms with E-state index in [1.165, 1.54) is 6.92 Å². The predicted octanol–water partition coefficient (Wildman–Crippen LogP) is 2.96. The van der Waals surface area contributed by atoms with Crippen LogP contribution >= 0.6 is 27.5 Å². The quantitative estimate of drug-likeness (QED) is 0.718. The van der Waals surface area contributed by atoms with Crippen LogP contribution in [0, 0.1) is 0 Å². The number of hydrogen-bond acceptors (Lipinski definition) is 4. The lowest BCUT2D eigenvalue weighted by molar-refractivity contribution is -0.117. The van der Waals surface area contributed by atoms with E-state index in [-0.39, 0.29) is 24.3 Å². The molecule has 21 heavy (non-hydrogen) atoms. The van der Waals surface area contributed by atoms with Gasteiger partial charge in [-0.25, -0.2) is 0 Å². The molecule has 1 aromatic carbocycles. The van der Waals surface area contributed by atoms with Gasteiger partial charge in [0.1, 0.15) is 0 Å². The summed E-state index contributed by atoms with van der Waals surface area (Å²) in [5.41, 5.74) is 0.671. The number of carbonyl (C=O) groups is 1. The molecule has 0 radical (unpaired) electrons. The molecule has 0 aromatic heterocycles. The van der Waals surface area contributed by atoms with Gasteiger partial charge in [-0.05, 0) is 47.5 Å². The SMILES string of the molecule is CCS(=O)(=O)OCC1CCC(=O)N1c1ccc(Cl)cc1Br. The van der Waals surface area contributed by atoms with Crippen molar-refractivity contribution in [3.05, 3.63) is 27.7 Å². The number of hydrogen-bond donors (Lipinski definition) is 0. The summed E-state index contributed by atoms with van der Waals surface area (Å²) in [7, 11) is -3.52. The summed E-state index contributed by atoms with van der Waals surface area (Å²) in [6.45, 7) is 1.49. The third-order valence-electron chi connectivity index (χ3n) is 3.29. The molecular weight excluding hydrogens is 382 g/mol. The first-order valence-electron chi connectivity index (χ1n) is 6.48. The molecule has 0 bridgehead atoms. The van der Waals surface area contributed by atoms with Crippen LogP contribution in [0.15, 0.2) is 22.7 Å². The highest BCUT2D eigenvalue weighted by Crippen LogP contribution is 2.34. The van der Waals surface area contributed by atoms with Gasteiger partial charge in [-0.3, -0.25) is 8.98 Å². The van der Waals surface area contributed by atoms with Gasteiger partial charge in [-0.1, -0.05) is 11.6 Å². The van der Waals surface area contributed by atoms with Crippen LogP contribution in [0.25, 0.3) is 0 Å². The fourth-order valence-corrected chi connectivity index (χ4v) is 3.58. The molecule has 5 nitrogen and oxygen atoms in total. The number of halogens is 2. The lowest BCUT2D eigenvalue weighted by atomic mass is 10.2. The second kappa shape index (κ2) is 6.64. The molecule has 1 aliphatic rings. The summed E-state index contributed by atoms with van der Waals surface area (Å²) < 4.78 is 28.5. The molecule has 0 spiro atoms. The topological polar surface area (TPSA) is 63.7 Å². The maximum atomic E-state index is 12.1. The van der Waals surface area contributed by atoms with E-state index >= 15 is 0 Å². The lowest BCUT2D eigenvalue weighted by Gasteiger charge is -2.25. The summed E-state index contributed by atoms with van der Waals surface area (Å²) in [5.74, 6) is -0.140. The Morgan fingerprint density at radius 1 is 1.48 bits per heavy atom. The third-order valence-corrected chi connectivity index (χ3v) is 5.36. The predicted molar refractivity (Wildman–Crippen MR) is 85.1 cm³/mol. The molecule has 1 aliphatic heterocycles. The van der Waals surface area contributed by atoms with Crippen LogP contribution < -0.4 is 4.90 Å². The van der Waals surface area contributed by atoms with Crippen LogP contribution in [-0.4, -0.2) is 32.7 Å². The van der Waals surface area contributed by atoms with E-state index in [0.717, 1.165) is 0 Å². The van der Waals surface area contributed by atoms with Gasteiger partial charge < -0.3 is 4.90 Å². The van der Waals surface area contributed by atoms with Crippen molar-refractivity contribution in [1.29, 1.82) is 0 Å². The number of carbonyl (C=O) groups excluding carboxylic acids is 1. The Kier molecular flexibility index (Phi) is 5.29. The van der Waals surface area contributed by atoms with Crippen molar-refractivity contribution in [3.8, 4) is 0 Å². The van der Waals surface area contributed by atoms with E-state index in [0.29, 0.717) is 28.0 Å². The third kappa shape index (κ3) is 3.97. The van der Waals surface area contributed by atoms with Gasteiger partial charge in [-0.2, -0.15) is 8.42 Å². The Morgan fingerprint density at radius 2 is 2.19 bits per heavy atom. The van der Waals surface area contributed by atoms with Crippen molar-refractivity contribution < 1.29 is 17.4 Å². The van der Waals surface area contributed by atoms with Gasteiger partial charge in [-0.15, -0.1) is 0 Å². The smallest absolute Gasteiger partial charge is 0.267 e. The molecule has 2 rings (SSSR count). The molecule has 1 aromatic rings. The molecule has 1 atom stereocenters. The van der Waals surface area contributed by atoms with Crippen LogP contribution in [0.2, 0.25) is 5.02 Å². The van der Waals surface area contributed by atoms with Crippen molar-refractivity contribution in [2.75, 3.05) is 17.3 Å². The average molecular weight is 397 g/mol. The van der Waals surface area contributed by atoms with E-state index in [2.05, 4.69) is 15.9 Å². The second-order valence-electron chi connectivity index (χ2n) is 4.68. The minimum Gasteiger partial charge on any atom is -0.306 e. The van der Waals surface area contributed by atoms with E-state index < -0.39 is 10.1 Å². The molecule has 1 amide bonds. The number of benzene rings is 1. The first-order chi connectivity index (χ1) is 9.84. The second-order valence-corrected chi connectivity index (χ2v) is 7.90. The molecule has 0 saturated carbocycles. The van der Waals surface area contributed by atoms with Crippen LogP contribution in [0.5, 0.6) is 0 Å². The van der Waals surface area contributed by atoms with Crippen molar-refractivity contribution >= 4 is 49.2 Å². The highest BCUT2D eigenvalue weighted by Gasteiger charge is 2.34. The Bertz CT molecular complexity index is 650. The monoisotopic (exact) mass is 395 g/mol. The first kappa shape index (κ1) is 16.7. The Hall–Kier alpha value is -0.630.